The van der Waals surface area contributed by atoms with Gasteiger partial charge in [-0.1, -0.05) is 38.1 Å². The van der Waals surface area contributed by atoms with Gasteiger partial charge in [0.2, 0.25) is 0 Å². The van der Waals surface area contributed by atoms with E-state index in [-0.39, 0.29) is 23.7 Å². The number of nitrogens with one attached hydrogen (secondary N) is 2. The van der Waals surface area contributed by atoms with Gasteiger partial charge in [-0.05, 0) is 41.7 Å². The zero-order valence-corrected chi connectivity index (χ0v) is 18.1. The van der Waals surface area contributed by atoms with Gasteiger partial charge in [-0.25, -0.2) is 5.84 Å². The molecule has 0 spiro atoms. The lowest BCUT2D eigenvalue weighted by molar-refractivity contribution is -0.120. The molecular formula is C24H28N4O3. The summed E-state index contributed by atoms with van der Waals surface area (Å²) in [6.45, 7) is 4.23. The number of carbonyl (C=O) groups is 2. The fourth-order valence-corrected chi connectivity index (χ4v) is 4.56. The van der Waals surface area contributed by atoms with Crippen LogP contribution < -0.4 is 26.2 Å². The molecule has 1 aliphatic carbocycles. The summed E-state index contributed by atoms with van der Waals surface area (Å²) in [4.78, 5) is 27.8. The number of rotatable bonds is 4. The first-order valence-electron chi connectivity index (χ1n) is 10.4. The van der Waals surface area contributed by atoms with Crippen molar-refractivity contribution in [2.24, 2.45) is 11.3 Å². The molecule has 0 unspecified atom stereocenters. The molecule has 2 aromatic carbocycles. The van der Waals surface area contributed by atoms with Crippen molar-refractivity contribution >= 4 is 23.1 Å². The maximum Gasteiger partial charge on any atom is 0.253 e. The Kier molecular flexibility index (Phi) is 5.45. The highest BCUT2D eigenvalue weighted by Crippen LogP contribution is 2.48. The molecule has 1 amide bonds. The predicted molar refractivity (Wildman–Crippen MR) is 121 cm³/mol. The van der Waals surface area contributed by atoms with Gasteiger partial charge in [0, 0.05) is 17.7 Å². The topological polar surface area (TPSA) is 96.7 Å². The average Bonchev–Trinajstić information content (AvgIpc) is 2.87. The standard InChI is InChI=1S/C24H28N4O3/c1-24(2)12-18-22(20(29)13-24)23(15-8-10-16(31-3)11-9-15)28(14-21(30)27-25)19-7-5-4-6-17(19)26-18/h4-11,23,26H,12-14,25H2,1-3H3,(H,27,30)/t23-/m1/s1. The Labute approximate surface area is 182 Å². The van der Waals surface area contributed by atoms with Crippen molar-refractivity contribution in [1.82, 2.24) is 5.43 Å². The molecule has 0 radical (unpaired) electrons. The van der Waals surface area contributed by atoms with E-state index in [0.717, 1.165) is 34.8 Å². The molecule has 0 bridgehead atoms. The zero-order valence-electron chi connectivity index (χ0n) is 18.1. The molecule has 1 atom stereocenters. The molecule has 4 N–H and O–H groups in total. The lowest BCUT2D eigenvalue weighted by Gasteiger charge is -2.37. The zero-order chi connectivity index (χ0) is 22.2. The number of hydrogen-bond acceptors (Lipinski definition) is 6. The van der Waals surface area contributed by atoms with Gasteiger partial charge in [0.1, 0.15) is 5.75 Å². The number of para-hydroxylation sites is 2. The van der Waals surface area contributed by atoms with Gasteiger partial charge in [0.25, 0.3) is 5.91 Å². The largest absolute Gasteiger partial charge is 0.497 e. The van der Waals surface area contributed by atoms with Crippen LogP contribution in [-0.4, -0.2) is 25.3 Å². The van der Waals surface area contributed by atoms with Crippen molar-refractivity contribution in [1.29, 1.82) is 0 Å². The number of methoxy groups -OCH3 is 1. The molecule has 7 nitrogen and oxygen atoms in total. The highest BCUT2D eigenvalue weighted by atomic mass is 16.5. The van der Waals surface area contributed by atoms with Crippen LogP contribution in [0.15, 0.2) is 59.8 Å². The Morgan fingerprint density at radius 1 is 1.19 bits per heavy atom. The number of ether oxygens (including phenoxy) is 1. The number of nitrogens with zero attached hydrogens (tertiary/aromatic N) is 1. The minimum Gasteiger partial charge on any atom is -0.497 e. The van der Waals surface area contributed by atoms with Gasteiger partial charge in [-0.15, -0.1) is 0 Å². The lowest BCUT2D eigenvalue weighted by atomic mass is 9.73. The summed E-state index contributed by atoms with van der Waals surface area (Å²) < 4.78 is 5.32. The number of fused-ring (bicyclic) bond motifs is 1. The highest BCUT2D eigenvalue weighted by Gasteiger charge is 2.41. The Hall–Kier alpha value is -3.32. The first kappa shape index (κ1) is 20.9. The molecule has 0 saturated heterocycles. The van der Waals surface area contributed by atoms with Crippen molar-refractivity contribution in [3.8, 4) is 5.75 Å². The highest BCUT2D eigenvalue weighted by molar-refractivity contribution is 6.01. The van der Waals surface area contributed by atoms with Crippen molar-refractivity contribution in [2.75, 3.05) is 23.9 Å². The number of ketones is 1. The Morgan fingerprint density at radius 3 is 2.58 bits per heavy atom. The summed E-state index contributed by atoms with van der Waals surface area (Å²) in [7, 11) is 1.62. The van der Waals surface area contributed by atoms with Gasteiger partial charge >= 0.3 is 0 Å². The second-order valence-corrected chi connectivity index (χ2v) is 8.85. The monoisotopic (exact) mass is 420 g/mol. The van der Waals surface area contributed by atoms with Crippen LogP contribution in [0, 0.1) is 5.41 Å². The quantitative estimate of drug-likeness (QED) is 0.399. The van der Waals surface area contributed by atoms with E-state index >= 15 is 0 Å². The second kappa shape index (κ2) is 8.07. The van der Waals surface area contributed by atoms with Crippen molar-refractivity contribution in [3.05, 3.63) is 65.4 Å². The van der Waals surface area contributed by atoms with Crippen molar-refractivity contribution in [3.63, 3.8) is 0 Å². The lowest BCUT2D eigenvalue weighted by Crippen LogP contribution is -2.43. The smallest absolute Gasteiger partial charge is 0.253 e. The Bertz CT molecular complexity index is 1040. The summed E-state index contributed by atoms with van der Waals surface area (Å²) in [5, 5.41) is 3.52. The normalized spacial score (nSPS) is 19.7. The number of carbonyl (C=O) groups excluding carboxylic acids is 2. The molecule has 2 aromatic rings. The van der Waals surface area contributed by atoms with Crippen LogP contribution >= 0.6 is 0 Å². The first-order chi connectivity index (χ1) is 14.8. The third-order valence-electron chi connectivity index (χ3n) is 5.91. The molecule has 0 fully saturated rings. The number of Topliss-reactive ketones (excluding diaryl/α,β-unsaturated/α-hetero) is 1. The molecule has 4 rings (SSSR count). The number of benzene rings is 2. The number of amides is 1. The predicted octanol–water partition coefficient (Wildman–Crippen LogP) is 3.30. The van der Waals surface area contributed by atoms with E-state index in [9.17, 15) is 9.59 Å². The molecule has 0 aromatic heterocycles. The molecule has 0 saturated carbocycles. The summed E-state index contributed by atoms with van der Waals surface area (Å²) >= 11 is 0. The molecule has 31 heavy (non-hydrogen) atoms. The van der Waals surface area contributed by atoms with Crippen molar-refractivity contribution in [2.45, 2.75) is 32.7 Å². The Balaban J connectivity index is 1.95. The van der Waals surface area contributed by atoms with E-state index in [0.29, 0.717) is 12.0 Å². The van der Waals surface area contributed by atoms with E-state index in [1.54, 1.807) is 7.11 Å². The maximum absolute atomic E-state index is 13.5. The van der Waals surface area contributed by atoms with E-state index in [1.807, 2.05) is 53.4 Å². The maximum atomic E-state index is 13.5. The van der Waals surface area contributed by atoms with Gasteiger partial charge in [0.05, 0.1) is 31.1 Å². The van der Waals surface area contributed by atoms with E-state index in [2.05, 4.69) is 24.6 Å². The summed E-state index contributed by atoms with van der Waals surface area (Å²) in [5.74, 6) is 5.91. The van der Waals surface area contributed by atoms with Gasteiger partial charge in [-0.2, -0.15) is 0 Å². The average molecular weight is 421 g/mol. The van der Waals surface area contributed by atoms with Crippen LogP contribution in [0.3, 0.4) is 0 Å². The van der Waals surface area contributed by atoms with E-state index in [1.165, 1.54) is 0 Å². The summed E-state index contributed by atoms with van der Waals surface area (Å²) in [6, 6.07) is 15.0. The van der Waals surface area contributed by atoms with Crippen LogP contribution in [-0.2, 0) is 9.59 Å². The number of allylic oxidation sites excluding steroid dienone is 1. The number of hydrazine groups is 1. The van der Waals surface area contributed by atoms with Crippen LogP contribution in [0.5, 0.6) is 5.75 Å². The van der Waals surface area contributed by atoms with Crippen LogP contribution in [0.25, 0.3) is 0 Å². The van der Waals surface area contributed by atoms with Crippen LogP contribution in [0.1, 0.15) is 38.3 Å². The summed E-state index contributed by atoms with van der Waals surface area (Å²) in [5.41, 5.74) is 6.30. The third-order valence-corrected chi connectivity index (χ3v) is 5.91. The van der Waals surface area contributed by atoms with E-state index < -0.39 is 6.04 Å². The molecule has 7 heteroatoms. The number of hydrogen-bond donors (Lipinski definition) is 3. The number of nitrogens with two attached hydrogens (primary N) is 1. The van der Waals surface area contributed by atoms with E-state index in [4.69, 9.17) is 10.6 Å². The number of anilines is 2. The molecule has 162 valence electrons. The van der Waals surface area contributed by atoms with Gasteiger partial charge < -0.3 is 15.0 Å². The van der Waals surface area contributed by atoms with Crippen LogP contribution in [0.2, 0.25) is 0 Å². The van der Waals surface area contributed by atoms with Gasteiger partial charge in [-0.3, -0.25) is 15.0 Å². The fourth-order valence-electron chi connectivity index (χ4n) is 4.56. The second-order valence-electron chi connectivity index (χ2n) is 8.85. The molecule has 1 heterocycles. The minimum absolute atomic E-state index is 0.0132. The first-order valence-corrected chi connectivity index (χ1v) is 10.4. The fraction of sp³-hybridized carbons (Fsp3) is 0.333. The Morgan fingerprint density at radius 2 is 1.90 bits per heavy atom. The van der Waals surface area contributed by atoms with Gasteiger partial charge in [0.15, 0.2) is 5.78 Å². The third kappa shape index (κ3) is 4.01. The molecule has 2 aliphatic rings. The SMILES string of the molecule is COc1ccc([C@@H]2C3=C(CC(C)(C)CC3=O)Nc3ccccc3N2CC(=O)NN)cc1. The van der Waals surface area contributed by atoms with Crippen LogP contribution in [0.4, 0.5) is 11.4 Å². The molecular weight excluding hydrogens is 392 g/mol. The van der Waals surface area contributed by atoms with Crippen molar-refractivity contribution < 1.29 is 14.3 Å². The minimum atomic E-state index is -0.432. The summed E-state index contributed by atoms with van der Waals surface area (Å²) in [6.07, 6.45) is 1.19. The molecule has 1 aliphatic heterocycles.